The van der Waals surface area contributed by atoms with Gasteiger partial charge in [0.15, 0.2) is 5.96 Å². The Balaban J connectivity index is 0.00000242. The van der Waals surface area contributed by atoms with Crippen molar-refractivity contribution in [1.29, 1.82) is 0 Å². The Bertz CT molecular complexity index is 533. The van der Waals surface area contributed by atoms with Crippen molar-refractivity contribution in [2.24, 2.45) is 4.99 Å². The molecule has 0 spiro atoms. The van der Waals surface area contributed by atoms with E-state index >= 15 is 0 Å². The first kappa shape index (κ1) is 18.8. The number of guanidine groups is 1. The normalized spacial score (nSPS) is 15.5. The van der Waals surface area contributed by atoms with Crippen molar-refractivity contribution < 1.29 is 13.2 Å². The van der Waals surface area contributed by atoms with Crippen LogP contribution in [0, 0.1) is 0 Å². The van der Waals surface area contributed by atoms with Crippen LogP contribution in [0.5, 0.6) is 0 Å². The van der Waals surface area contributed by atoms with Crippen LogP contribution in [0.3, 0.4) is 0 Å². The third-order valence-corrected chi connectivity index (χ3v) is 3.29. The van der Waals surface area contributed by atoms with Crippen LogP contribution in [-0.2, 0) is 12.7 Å². The summed E-state index contributed by atoms with van der Waals surface area (Å²) in [6.45, 7) is 0.295. The lowest BCUT2D eigenvalue weighted by molar-refractivity contribution is -0.137. The van der Waals surface area contributed by atoms with Crippen molar-refractivity contribution in [3.05, 3.63) is 47.5 Å². The number of alkyl halides is 3. The molecule has 0 aromatic heterocycles. The highest BCUT2D eigenvalue weighted by atomic mass is 127. The van der Waals surface area contributed by atoms with Gasteiger partial charge in [0.25, 0.3) is 0 Å². The first-order valence-electron chi connectivity index (χ1n) is 6.77. The summed E-state index contributed by atoms with van der Waals surface area (Å²) in [5.41, 5.74) is -0.0675. The van der Waals surface area contributed by atoms with E-state index in [1.807, 2.05) is 0 Å². The molecule has 2 N–H and O–H groups in total. The van der Waals surface area contributed by atoms with Gasteiger partial charge in [0.1, 0.15) is 0 Å². The molecule has 0 fully saturated rings. The Morgan fingerprint density at radius 3 is 2.55 bits per heavy atom. The zero-order chi connectivity index (χ0) is 15.3. The van der Waals surface area contributed by atoms with Gasteiger partial charge in [0, 0.05) is 19.6 Å². The number of halogens is 4. The van der Waals surface area contributed by atoms with Crippen LogP contribution in [-0.4, -0.2) is 19.0 Å². The molecule has 0 atom stereocenters. The van der Waals surface area contributed by atoms with Gasteiger partial charge in [-0.15, -0.1) is 24.0 Å². The highest BCUT2D eigenvalue weighted by molar-refractivity contribution is 14.0. The first-order valence-corrected chi connectivity index (χ1v) is 6.77. The summed E-state index contributed by atoms with van der Waals surface area (Å²) < 4.78 is 37.9. The average molecular weight is 425 g/mol. The van der Waals surface area contributed by atoms with Crippen molar-refractivity contribution in [2.75, 3.05) is 7.05 Å². The molecule has 1 aromatic carbocycles. The van der Waals surface area contributed by atoms with E-state index in [1.165, 1.54) is 6.07 Å². The van der Waals surface area contributed by atoms with Gasteiger partial charge in [0.05, 0.1) is 5.56 Å². The minimum Gasteiger partial charge on any atom is -0.353 e. The van der Waals surface area contributed by atoms with E-state index in [-0.39, 0.29) is 24.0 Å². The van der Waals surface area contributed by atoms with Crippen molar-refractivity contribution >= 4 is 29.9 Å². The molecule has 1 aliphatic carbocycles. The van der Waals surface area contributed by atoms with E-state index in [9.17, 15) is 13.2 Å². The highest BCUT2D eigenvalue weighted by Crippen LogP contribution is 2.29. The Morgan fingerprint density at radius 1 is 1.27 bits per heavy atom. The van der Waals surface area contributed by atoms with Gasteiger partial charge in [0.2, 0.25) is 0 Å². The molecule has 0 aliphatic heterocycles. The Labute approximate surface area is 145 Å². The molecule has 0 bridgehead atoms. The summed E-state index contributed by atoms with van der Waals surface area (Å²) >= 11 is 0. The van der Waals surface area contributed by atoms with Crippen LogP contribution in [0.15, 0.2) is 41.4 Å². The predicted octanol–water partition coefficient (Wildman–Crippen LogP) is 3.71. The molecule has 22 heavy (non-hydrogen) atoms. The van der Waals surface area contributed by atoms with Crippen molar-refractivity contribution in [3.8, 4) is 0 Å². The Morgan fingerprint density at radius 2 is 1.95 bits per heavy atom. The zero-order valence-electron chi connectivity index (χ0n) is 12.2. The predicted molar refractivity (Wildman–Crippen MR) is 92.4 cm³/mol. The fourth-order valence-corrected chi connectivity index (χ4v) is 2.17. The fourth-order valence-electron chi connectivity index (χ4n) is 2.17. The molecule has 2 rings (SSSR count). The molecule has 0 radical (unpaired) electrons. The van der Waals surface area contributed by atoms with E-state index in [4.69, 9.17) is 0 Å². The van der Waals surface area contributed by atoms with Gasteiger partial charge in [-0.1, -0.05) is 24.3 Å². The standard InChI is InChI=1S/C15H18F3N3.HI/c1-19-14(21-13-7-2-3-8-13)20-10-11-5-4-6-12(9-11)15(16,17)18;/h2-6,9,13H,7-8,10H2,1H3,(H2,19,20,21);1H. The van der Waals surface area contributed by atoms with Crippen LogP contribution in [0.4, 0.5) is 13.2 Å². The van der Waals surface area contributed by atoms with Crippen LogP contribution in [0.25, 0.3) is 0 Å². The highest BCUT2D eigenvalue weighted by Gasteiger charge is 2.30. The van der Waals surface area contributed by atoms with Crippen molar-refractivity contribution in [2.45, 2.75) is 31.6 Å². The quantitative estimate of drug-likeness (QED) is 0.336. The first-order chi connectivity index (χ1) is 9.99. The molecule has 0 amide bonds. The maximum Gasteiger partial charge on any atom is 0.416 e. The molecule has 3 nitrogen and oxygen atoms in total. The summed E-state index contributed by atoms with van der Waals surface area (Å²) in [4.78, 5) is 4.08. The molecular formula is C15H19F3IN3. The van der Waals surface area contributed by atoms with Gasteiger partial charge in [-0.2, -0.15) is 13.2 Å². The monoisotopic (exact) mass is 425 g/mol. The van der Waals surface area contributed by atoms with E-state index in [0.717, 1.165) is 25.0 Å². The topological polar surface area (TPSA) is 36.4 Å². The minimum atomic E-state index is -4.31. The fraction of sp³-hybridized carbons (Fsp3) is 0.400. The summed E-state index contributed by atoms with van der Waals surface area (Å²) in [7, 11) is 1.64. The molecule has 1 aromatic rings. The molecular weight excluding hydrogens is 406 g/mol. The second-order valence-electron chi connectivity index (χ2n) is 4.91. The maximum atomic E-state index is 12.6. The van der Waals surface area contributed by atoms with Gasteiger partial charge in [-0.05, 0) is 30.5 Å². The zero-order valence-corrected chi connectivity index (χ0v) is 14.5. The smallest absolute Gasteiger partial charge is 0.353 e. The van der Waals surface area contributed by atoms with Crippen LogP contribution < -0.4 is 10.6 Å². The average Bonchev–Trinajstić information content (AvgIpc) is 2.95. The lowest BCUT2D eigenvalue weighted by atomic mass is 10.1. The minimum absolute atomic E-state index is 0. The number of hydrogen-bond donors (Lipinski definition) is 2. The number of rotatable bonds is 3. The van der Waals surface area contributed by atoms with Gasteiger partial charge < -0.3 is 10.6 Å². The van der Waals surface area contributed by atoms with Crippen LogP contribution in [0.1, 0.15) is 24.0 Å². The molecule has 7 heteroatoms. The molecule has 122 valence electrons. The van der Waals surface area contributed by atoms with Crippen LogP contribution in [0.2, 0.25) is 0 Å². The second kappa shape index (κ2) is 8.40. The lowest BCUT2D eigenvalue weighted by Gasteiger charge is -2.17. The Kier molecular flexibility index (Phi) is 7.18. The maximum absolute atomic E-state index is 12.6. The largest absolute Gasteiger partial charge is 0.416 e. The van der Waals surface area contributed by atoms with E-state index in [1.54, 1.807) is 13.1 Å². The molecule has 0 heterocycles. The number of nitrogens with zero attached hydrogens (tertiary/aromatic N) is 1. The van der Waals surface area contributed by atoms with Gasteiger partial charge in [-0.3, -0.25) is 4.99 Å². The third kappa shape index (κ3) is 5.51. The van der Waals surface area contributed by atoms with E-state index in [0.29, 0.717) is 24.1 Å². The van der Waals surface area contributed by atoms with E-state index in [2.05, 4.69) is 27.8 Å². The number of nitrogens with one attached hydrogen (secondary N) is 2. The van der Waals surface area contributed by atoms with Crippen molar-refractivity contribution in [1.82, 2.24) is 10.6 Å². The number of aliphatic imine (C=N–C) groups is 1. The molecule has 1 aliphatic rings. The molecule has 0 unspecified atom stereocenters. The molecule has 0 saturated carbocycles. The Hall–Kier alpha value is -1.25. The summed E-state index contributed by atoms with van der Waals surface area (Å²) in [5, 5.41) is 6.27. The lowest BCUT2D eigenvalue weighted by Crippen LogP contribution is -2.42. The second-order valence-corrected chi connectivity index (χ2v) is 4.91. The number of benzene rings is 1. The van der Waals surface area contributed by atoms with Crippen molar-refractivity contribution in [3.63, 3.8) is 0 Å². The van der Waals surface area contributed by atoms with E-state index < -0.39 is 11.7 Å². The summed E-state index contributed by atoms with van der Waals surface area (Å²) in [6.07, 6.45) is 1.75. The number of hydrogen-bond acceptors (Lipinski definition) is 1. The summed E-state index contributed by atoms with van der Waals surface area (Å²) in [6, 6.07) is 5.60. The van der Waals surface area contributed by atoms with Gasteiger partial charge >= 0.3 is 6.18 Å². The summed E-state index contributed by atoms with van der Waals surface area (Å²) in [5.74, 6) is 0.598. The van der Waals surface area contributed by atoms with Gasteiger partial charge in [-0.25, -0.2) is 0 Å². The SMILES string of the molecule is CN=C(NCc1cccc(C(F)(F)F)c1)NC1CC=CC1.I. The van der Waals surface area contributed by atoms with Crippen LogP contribution >= 0.6 is 24.0 Å². The third-order valence-electron chi connectivity index (χ3n) is 3.29. The molecule has 0 saturated heterocycles.